The standard InChI is InChI=1S/C4H8O.C2H2N3/c2*1-2-4-5-3-1/h1-4H2;1H,(H,3,4,5). The molecule has 1 aromatic heterocycles. The summed E-state index contributed by atoms with van der Waals surface area (Å²) in [6, 6.07) is 0. The Morgan fingerprint density at radius 2 is 2.20 bits per heavy atom. The maximum absolute atomic E-state index is 4.94. The van der Waals surface area contributed by atoms with Crippen LogP contribution in [0.5, 0.6) is 0 Å². The zero-order valence-corrected chi connectivity index (χ0v) is 5.71. The van der Waals surface area contributed by atoms with Crippen molar-refractivity contribution in [2.24, 2.45) is 0 Å². The first kappa shape index (κ1) is 7.21. The van der Waals surface area contributed by atoms with Gasteiger partial charge in [-0.2, -0.15) is 0 Å². The largest absolute Gasteiger partial charge is 0.381 e. The van der Waals surface area contributed by atoms with Gasteiger partial charge in [0.25, 0.3) is 0 Å². The highest BCUT2D eigenvalue weighted by atomic mass is 16.5. The van der Waals surface area contributed by atoms with E-state index in [1.807, 2.05) is 0 Å². The highest BCUT2D eigenvalue weighted by Gasteiger charge is 1.94. The highest BCUT2D eigenvalue weighted by Crippen LogP contribution is 1.98. The maximum Gasteiger partial charge on any atom is 0.134 e. The Bertz CT molecular complexity index is 112. The van der Waals surface area contributed by atoms with E-state index in [1.165, 1.54) is 19.0 Å². The van der Waals surface area contributed by atoms with Crippen LogP contribution in [0.25, 0.3) is 0 Å². The average Bonchev–Trinajstić information content (AvgIpc) is 2.67. The van der Waals surface area contributed by atoms with E-state index in [4.69, 9.17) is 4.74 Å². The Morgan fingerprint density at radius 3 is 2.40 bits per heavy atom. The Kier molecular flexibility index (Phi) is 3.56. The zero-order chi connectivity index (χ0) is 7.07. The highest BCUT2D eigenvalue weighted by molar-refractivity contribution is 4.50. The molecule has 55 valence electrons. The van der Waals surface area contributed by atoms with E-state index in [1.54, 1.807) is 0 Å². The number of aromatic amines is 1. The van der Waals surface area contributed by atoms with E-state index in [-0.39, 0.29) is 0 Å². The quantitative estimate of drug-likeness (QED) is 0.567. The molecule has 2 heterocycles. The van der Waals surface area contributed by atoms with Gasteiger partial charge < -0.3 is 4.74 Å². The van der Waals surface area contributed by atoms with Crippen LogP contribution in [-0.4, -0.2) is 28.6 Å². The van der Waals surface area contributed by atoms with Gasteiger partial charge in [0.1, 0.15) is 6.20 Å². The molecule has 0 aliphatic carbocycles. The molecule has 1 aliphatic heterocycles. The number of aromatic nitrogens is 3. The molecule has 1 radical (unpaired) electrons. The molecule has 1 aromatic rings. The summed E-state index contributed by atoms with van der Waals surface area (Å²) in [5.74, 6) is 0. The lowest BCUT2D eigenvalue weighted by Crippen LogP contribution is -1.74. The first-order valence-electron chi connectivity index (χ1n) is 3.30. The third-order valence-corrected chi connectivity index (χ3v) is 1.12. The molecule has 0 saturated carbocycles. The second-order valence-electron chi connectivity index (χ2n) is 1.92. The fourth-order valence-corrected chi connectivity index (χ4v) is 0.655. The van der Waals surface area contributed by atoms with Gasteiger partial charge in [-0.25, -0.2) is 0 Å². The minimum atomic E-state index is 1.00. The number of rotatable bonds is 0. The topological polar surface area (TPSA) is 50.8 Å². The van der Waals surface area contributed by atoms with Gasteiger partial charge in [0.2, 0.25) is 0 Å². The summed E-state index contributed by atoms with van der Waals surface area (Å²) < 4.78 is 4.94. The van der Waals surface area contributed by atoms with E-state index in [0.717, 1.165) is 13.2 Å². The lowest BCUT2D eigenvalue weighted by molar-refractivity contribution is 0.198. The lowest BCUT2D eigenvalue weighted by Gasteiger charge is -1.76. The normalized spacial score (nSPS) is 16.0. The molecule has 10 heavy (non-hydrogen) atoms. The summed E-state index contributed by atoms with van der Waals surface area (Å²) in [5.41, 5.74) is 0. The van der Waals surface area contributed by atoms with Gasteiger partial charge in [-0.3, -0.25) is 5.10 Å². The molecule has 0 amide bonds. The van der Waals surface area contributed by atoms with E-state index < -0.39 is 0 Å². The van der Waals surface area contributed by atoms with Gasteiger partial charge in [0.05, 0.1) is 6.20 Å². The van der Waals surface area contributed by atoms with Crippen molar-refractivity contribution in [3.8, 4) is 0 Å². The molecule has 4 heteroatoms. The van der Waals surface area contributed by atoms with Gasteiger partial charge in [0, 0.05) is 13.2 Å². The smallest absolute Gasteiger partial charge is 0.134 e. The molecular formula is C6H10N3O. The lowest BCUT2D eigenvalue weighted by atomic mass is 10.4. The van der Waals surface area contributed by atoms with Gasteiger partial charge in [-0.15, -0.1) is 5.10 Å². The van der Waals surface area contributed by atoms with Gasteiger partial charge in [0.15, 0.2) is 0 Å². The molecule has 1 N–H and O–H groups in total. The van der Waals surface area contributed by atoms with Gasteiger partial charge in [-0.05, 0) is 12.8 Å². The van der Waals surface area contributed by atoms with Crippen LogP contribution in [0.15, 0.2) is 6.20 Å². The van der Waals surface area contributed by atoms with E-state index in [9.17, 15) is 0 Å². The van der Waals surface area contributed by atoms with Crippen LogP contribution >= 0.6 is 0 Å². The summed E-state index contributed by atoms with van der Waals surface area (Å²) in [6.07, 6.45) is 6.53. The van der Waals surface area contributed by atoms with Crippen molar-refractivity contribution in [3.63, 3.8) is 0 Å². The molecular weight excluding hydrogens is 130 g/mol. The molecule has 2 rings (SSSR count). The molecule has 1 saturated heterocycles. The molecule has 1 fully saturated rings. The van der Waals surface area contributed by atoms with E-state index in [2.05, 4.69) is 21.6 Å². The Labute approximate surface area is 59.6 Å². The van der Waals surface area contributed by atoms with Crippen LogP contribution < -0.4 is 0 Å². The first-order valence-corrected chi connectivity index (χ1v) is 3.30. The van der Waals surface area contributed by atoms with Crippen molar-refractivity contribution in [2.75, 3.05) is 13.2 Å². The van der Waals surface area contributed by atoms with Crippen LogP contribution in [0.1, 0.15) is 12.8 Å². The van der Waals surface area contributed by atoms with Crippen molar-refractivity contribution < 1.29 is 4.74 Å². The number of ether oxygens (including phenoxy) is 1. The second kappa shape index (κ2) is 4.93. The number of H-pyrrole nitrogens is 1. The van der Waals surface area contributed by atoms with Crippen molar-refractivity contribution >= 4 is 0 Å². The second-order valence-corrected chi connectivity index (χ2v) is 1.92. The molecule has 0 bridgehead atoms. The fourth-order valence-electron chi connectivity index (χ4n) is 0.655. The van der Waals surface area contributed by atoms with Crippen molar-refractivity contribution in [3.05, 3.63) is 12.4 Å². The third kappa shape index (κ3) is 3.19. The Balaban J connectivity index is 0.0000001000. The van der Waals surface area contributed by atoms with Gasteiger partial charge in [-0.1, -0.05) is 5.21 Å². The van der Waals surface area contributed by atoms with Crippen molar-refractivity contribution in [1.82, 2.24) is 15.4 Å². The average molecular weight is 140 g/mol. The number of nitrogens with one attached hydrogen (secondary N) is 1. The molecule has 1 aliphatic rings. The van der Waals surface area contributed by atoms with Gasteiger partial charge >= 0.3 is 0 Å². The number of hydrogen-bond acceptors (Lipinski definition) is 3. The Hall–Kier alpha value is -0.900. The minimum Gasteiger partial charge on any atom is -0.381 e. The summed E-state index contributed by atoms with van der Waals surface area (Å²) in [6.45, 7) is 2.00. The van der Waals surface area contributed by atoms with Crippen molar-refractivity contribution in [1.29, 1.82) is 0 Å². The summed E-state index contributed by atoms with van der Waals surface area (Å²) >= 11 is 0. The molecule has 0 unspecified atom stereocenters. The van der Waals surface area contributed by atoms with E-state index >= 15 is 0 Å². The van der Waals surface area contributed by atoms with Crippen LogP contribution in [0, 0.1) is 6.20 Å². The van der Waals surface area contributed by atoms with Crippen LogP contribution in [0.3, 0.4) is 0 Å². The number of nitrogens with zero attached hydrogens (tertiary/aromatic N) is 2. The maximum atomic E-state index is 4.94. The van der Waals surface area contributed by atoms with E-state index in [0.29, 0.717) is 0 Å². The molecule has 0 spiro atoms. The Morgan fingerprint density at radius 1 is 1.40 bits per heavy atom. The first-order chi connectivity index (χ1) is 5.00. The predicted octanol–water partition coefficient (Wildman–Crippen LogP) is 0.402. The summed E-state index contributed by atoms with van der Waals surface area (Å²) in [4.78, 5) is 0. The predicted molar refractivity (Wildman–Crippen MR) is 35.3 cm³/mol. The van der Waals surface area contributed by atoms with Crippen LogP contribution in [-0.2, 0) is 4.74 Å². The fraction of sp³-hybridized carbons (Fsp3) is 0.667. The van der Waals surface area contributed by atoms with Crippen molar-refractivity contribution in [2.45, 2.75) is 12.8 Å². The monoisotopic (exact) mass is 140 g/mol. The summed E-state index contributed by atoms with van der Waals surface area (Å²) in [7, 11) is 0. The summed E-state index contributed by atoms with van der Waals surface area (Å²) in [5, 5.41) is 9.03. The third-order valence-electron chi connectivity index (χ3n) is 1.12. The molecule has 0 atom stereocenters. The molecule has 0 aromatic carbocycles. The minimum absolute atomic E-state index is 1.00. The SMILES string of the molecule is C1CCOC1.[c]1c[nH]nn1. The van der Waals surface area contributed by atoms with Crippen LogP contribution in [0.2, 0.25) is 0 Å². The number of hydrogen-bond donors (Lipinski definition) is 1. The zero-order valence-electron chi connectivity index (χ0n) is 5.71. The molecule has 4 nitrogen and oxygen atoms in total. The van der Waals surface area contributed by atoms with Crippen LogP contribution in [0.4, 0.5) is 0 Å².